The molecular formula is C8H5F3N2O. The molecule has 0 aliphatic carbocycles. The third-order valence-corrected chi connectivity index (χ3v) is 1.52. The van der Waals surface area contributed by atoms with Crippen molar-refractivity contribution in [2.24, 2.45) is 0 Å². The zero-order valence-corrected chi connectivity index (χ0v) is 7.09. The first-order chi connectivity index (χ1) is 6.60. The van der Waals surface area contributed by atoms with Gasteiger partial charge in [0.15, 0.2) is 5.75 Å². The quantitative estimate of drug-likeness (QED) is 0.689. The minimum Gasteiger partial charge on any atom is -0.492 e. The fraction of sp³-hybridized carbons (Fsp3) is 0.250. The normalized spacial score (nSPS) is 10.0. The molecular weight excluding hydrogens is 197 g/mol. The first-order valence-electron chi connectivity index (χ1n) is 3.52. The lowest BCUT2D eigenvalue weighted by Crippen LogP contribution is -2.01. The van der Waals surface area contributed by atoms with Gasteiger partial charge in [0, 0.05) is 6.07 Å². The van der Waals surface area contributed by atoms with Crippen LogP contribution in [0, 0.1) is 17.3 Å². The summed E-state index contributed by atoms with van der Waals surface area (Å²) in [5.74, 6) is -1.48. The molecule has 0 aliphatic heterocycles. The summed E-state index contributed by atoms with van der Waals surface area (Å²) in [6.45, 7) is 0. The van der Waals surface area contributed by atoms with E-state index in [4.69, 9.17) is 5.26 Å². The van der Waals surface area contributed by atoms with Gasteiger partial charge < -0.3 is 4.74 Å². The van der Waals surface area contributed by atoms with E-state index in [9.17, 15) is 13.2 Å². The number of nitriles is 1. The minimum atomic E-state index is -2.98. The largest absolute Gasteiger partial charge is 0.492 e. The summed E-state index contributed by atoms with van der Waals surface area (Å²) in [5, 5.41) is 8.48. The minimum absolute atomic E-state index is 0.328. The summed E-state index contributed by atoms with van der Waals surface area (Å²) in [6.07, 6.45) is -2.98. The molecule has 1 aromatic rings. The Morgan fingerprint density at radius 2 is 2.21 bits per heavy atom. The Balaban J connectivity index is 3.33. The van der Waals surface area contributed by atoms with E-state index in [0.717, 1.165) is 13.2 Å². The Morgan fingerprint density at radius 3 is 2.64 bits per heavy atom. The molecule has 0 aromatic carbocycles. The van der Waals surface area contributed by atoms with Gasteiger partial charge in [-0.3, -0.25) is 0 Å². The summed E-state index contributed by atoms with van der Waals surface area (Å²) >= 11 is 0. The van der Waals surface area contributed by atoms with E-state index in [2.05, 4.69) is 9.72 Å². The van der Waals surface area contributed by atoms with E-state index in [1.165, 1.54) is 6.07 Å². The monoisotopic (exact) mass is 202 g/mol. The molecule has 0 unspecified atom stereocenters. The highest BCUT2D eigenvalue weighted by Crippen LogP contribution is 2.25. The van der Waals surface area contributed by atoms with Crippen molar-refractivity contribution in [1.82, 2.24) is 4.98 Å². The topological polar surface area (TPSA) is 45.9 Å². The van der Waals surface area contributed by atoms with Crippen LogP contribution in [-0.2, 0) is 0 Å². The van der Waals surface area contributed by atoms with Crippen LogP contribution in [0.25, 0.3) is 0 Å². The van der Waals surface area contributed by atoms with Crippen molar-refractivity contribution in [1.29, 1.82) is 5.26 Å². The van der Waals surface area contributed by atoms with Crippen LogP contribution >= 0.6 is 0 Å². The predicted octanol–water partition coefficient (Wildman–Crippen LogP) is 2.04. The number of ether oxygens (including phenoxy) is 1. The van der Waals surface area contributed by atoms with E-state index in [-0.39, 0.29) is 5.75 Å². The average molecular weight is 202 g/mol. The molecule has 74 valence electrons. The van der Waals surface area contributed by atoms with E-state index >= 15 is 0 Å². The van der Waals surface area contributed by atoms with Crippen LogP contribution in [0.5, 0.6) is 5.75 Å². The number of pyridine rings is 1. The maximum absolute atomic E-state index is 12.8. The van der Waals surface area contributed by atoms with Crippen molar-refractivity contribution in [2.75, 3.05) is 7.11 Å². The van der Waals surface area contributed by atoms with Gasteiger partial charge in [-0.1, -0.05) is 0 Å². The Kier molecular flexibility index (Phi) is 2.92. The molecule has 0 amide bonds. The van der Waals surface area contributed by atoms with Crippen molar-refractivity contribution in [3.63, 3.8) is 0 Å². The SMILES string of the molecule is COc1cc(C#N)c(C(F)F)nc1F. The molecule has 0 fully saturated rings. The zero-order valence-electron chi connectivity index (χ0n) is 7.09. The highest BCUT2D eigenvalue weighted by atomic mass is 19.3. The lowest BCUT2D eigenvalue weighted by molar-refractivity contribution is 0.144. The fourth-order valence-electron chi connectivity index (χ4n) is 0.885. The summed E-state index contributed by atoms with van der Waals surface area (Å²) in [7, 11) is 1.16. The van der Waals surface area contributed by atoms with Crippen LogP contribution in [-0.4, -0.2) is 12.1 Å². The molecule has 0 atom stereocenters. The van der Waals surface area contributed by atoms with Gasteiger partial charge in [-0.25, -0.2) is 13.8 Å². The average Bonchev–Trinajstić information content (AvgIpc) is 2.17. The molecule has 0 N–H and O–H groups in total. The lowest BCUT2D eigenvalue weighted by Gasteiger charge is -2.05. The fourth-order valence-corrected chi connectivity index (χ4v) is 0.885. The first kappa shape index (κ1) is 10.3. The van der Waals surface area contributed by atoms with E-state index < -0.39 is 23.6 Å². The van der Waals surface area contributed by atoms with E-state index in [1.807, 2.05) is 0 Å². The Hall–Kier alpha value is -1.77. The molecule has 0 radical (unpaired) electrons. The Labute approximate surface area is 77.7 Å². The summed E-state index contributed by atoms with van der Waals surface area (Å²) in [4.78, 5) is 2.95. The smallest absolute Gasteiger partial charge is 0.281 e. The van der Waals surface area contributed by atoms with Crippen LogP contribution in [0.3, 0.4) is 0 Å². The zero-order chi connectivity index (χ0) is 10.7. The van der Waals surface area contributed by atoms with Crippen molar-refractivity contribution in [3.8, 4) is 11.8 Å². The van der Waals surface area contributed by atoms with Gasteiger partial charge in [0.25, 0.3) is 12.4 Å². The molecule has 1 heterocycles. The second kappa shape index (κ2) is 3.96. The van der Waals surface area contributed by atoms with Crippen molar-refractivity contribution in [3.05, 3.63) is 23.3 Å². The van der Waals surface area contributed by atoms with Crippen LogP contribution in [0.15, 0.2) is 6.07 Å². The Morgan fingerprint density at radius 1 is 1.57 bits per heavy atom. The molecule has 14 heavy (non-hydrogen) atoms. The molecule has 0 aliphatic rings. The molecule has 0 saturated carbocycles. The van der Waals surface area contributed by atoms with Crippen molar-refractivity contribution >= 4 is 0 Å². The number of alkyl halides is 2. The van der Waals surface area contributed by atoms with Crippen LogP contribution < -0.4 is 4.74 Å². The predicted molar refractivity (Wildman–Crippen MR) is 40.4 cm³/mol. The van der Waals surface area contributed by atoms with Crippen molar-refractivity contribution in [2.45, 2.75) is 6.43 Å². The van der Waals surface area contributed by atoms with E-state index in [0.29, 0.717) is 0 Å². The number of hydrogen-bond donors (Lipinski definition) is 0. The molecule has 1 rings (SSSR count). The van der Waals surface area contributed by atoms with Crippen LogP contribution in [0.1, 0.15) is 17.7 Å². The first-order valence-corrected chi connectivity index (χ1v) is 3.52. The number of rotatable bonds is 2. The number of methoxy groups -OCH3 is 1. The standard InChI is InChI=1S/C8H5F3N2O/c1-14-5-2-4(3-12)6(7(9)10)13-8(5)11/h2,7H,1H3. The summed E-state index contributed by atoms with van der Waals surface area (Å²) in [5.41, 5.74) is -1.26. The molecule has 0 saturated heterocycles. The number of halogens is 3. The van der Waals surface area contributed by atoms with E-state index in [1.54, 1.807) is 0 Å². The molecule has 0 bridgehead atoms. The number of aromatic nitrogens is 1. The lowest BCUT2D eigenvalue weighted by atomic mass is 10.2. The molecule has 1 aromatic heterocycles. The van der Waals surface area contributed by atoms with Gasteiger partial charge >= 0.3 is 0 Å². The van der Waals surface area contributed by atoms with Gasteiger partial charge in [0.1, 0.15) is 11.8 Å². The highest BCUT2D eigenvalue weighted by Gasteiger charge is 2.19. The van der Waals surface area contributed by atoms with Gasteiger partial charge in [0.2, 0.25) is 0 Å². The third-order valence-electron chi connectivity index (χ3n) is 1.52. The van der Waals surface area contributed by atoms with Crippen LogP contribution in [0.4, 0.5) is 13.2 Å². The third kappa shape index (κ3) is 1.76. The number of hydrogen-bond acceptors (Lipinski definition) is 3. The number of nitrogens with zero attached hydrogens (tertiary/aromatic N) is 2. The van der Waals surface area contributed by atoms with Gasteiger partial charge in [-0.05, 0) is 0 Å². The second-order valence-corrected chi connectivity index (χ2v) is 2.33. The maximum atomic E-state index is 12.8. The highest BCUT2D eigenvalue weighted by molar-refractivity contribution is 5.39. The molecule has 0 spiro atoms. The van der Waals surface area contributed by atoms with Gasteiger partial charge in [-0.2, -0.15) is 9.65 Å². The molecule has 6 heteroatoms. The Bertz CT molecular complexity index is 387. The maximum Gasteiger partial charge on any atom is 0.281 e. The van der Waals surface area contributed by atoms with Gasteiger partial charge in [0.05, 0.1) is 12.7 Å². The molecule has 3 nitrogen and oxygen atoms in total. The second-order valence-electron chi connectivity index (χ2n) is 2.33. The van der Waals surface area contributed by atoms with Gasteiger partial charge in [-0.15, -0.1) is 0 Å². The van der Waals surface area contributed by atoms with Crippen molar-refractivity contribution < 1.29 is 17.9 Å². The van der Waals surface area contributed by atoms with Crippen LogP contribution in [0.2, 0.25) is 0 Å². The summed E-state index contributed by atoms with van der Waals surface area (Å²) < 4.78 is 41.8. The summed E-state index contributed by atoms with van der Waals surface area (Å²) in [6, 6.07) is 2.38.